The number of phenolic OH excluding ortho intramolecular Hbond substituents is 1. The zero-order valence-corrected chi connectivity index (χ0v) is 13.0. The van der Waals surface area contributed by atoms with Crippen LogP contribution >= 0.6 is 12.2 Å². The molecule has 1 atom stereocenters. The lowest BCUT2D eigenvalue weighted by atomic mass is 10.1. The highest BCUT2D eigenvalue weighted by Gasteiger charge is 2.03. The van der Waals surface area contributed by atoms with Crippen molar-refractivity contribution in [2.24, 2.45) is 5.10 Å². The summed E-state index contributed by atoms with van der Waals surface area (Å²) in [6.45, 7) is 6.24. The van der Waals surface area contributed by atoms with Gasteiger partial charge in [0.15, 0.2) is 5.11 Å². The maximum Gasteiger partial charge on any atom is 0.187 e. The Balaban J connectivity index is 2.55. The fourth-order valence-electron chi connectivity index (χ4n) is 1.78. The molecule has 1 aromatic carbocycles. The van der Waals surface area contributed by atoms with Crippen molar-refractivity contribution in [1.29, 1.82) is 0 Å². The molecule has 20 heavy (non-hydrogen) atoms. The predicted molar refractivity (Wildman–Crippen MR) is 85.4 cm³/mol. The molecule has 0 bridgehead atoms. The molecule has 0 amide bonds. The number of hydrogen-bond donors (Lipinski definition) is 3. The molecule has 0 spiro atoms. The van der Waals surface area contributed by atoms with Gasteiger partial charge in [-0.1, -0.05) is 0 Å². The number of aryl methyl sites for hydroxylation is 2. The maximum atomic E-state index is 9.69. The smallest absolute Gasteiger partial charge is 0.187 e. The number of thiocarbonyl (C=S) groups is 1. The van der Waals surface area contributed by atoms with E-state index < -0.39 is 0 Å². The molecule has 0 fully saturated rings. The monoisotopic (exact) mass is 295 g/mol. The second-order valence-electron chi connectivity index (χ2n) is 4.70. The second kappa shape index (κ2) is 7.81. The van der Waals surface area contributed by atoms with Gasteiger partial charge in [0.25, 0.3) is 0 Å². The molecule has 1 rings (SSSR count). The maximum absolute atomic E-state index is 9.69. The van der Waals surface area contributed by atoms with Crippen LogP contribution in [0.1, 0.15) is 23.6 Å². The van der Waals surface area contributed by atoms with Gasteiger partial charge in [0.2, 0.25) is 0 Å². The molecule has 0 radical (unpaired) electrons. The summed E-state index contributed by atoms with van der Waals surface area (Å²) in [6, 6.07) is 3.84. The quantitative estimate of drug-likeness (QED) is 0.439. The van der Waals surface area contributed by atoms with Crippen molar-refractivity contribution in [1.82, 2.24) is 10.7 Å². The van der Waals surface area contributed by atoms with Gasteiger partial charge in [0.05, 0.1) is 12.8 Å². The molecular formula is C14H21N3O2S. The average Bonchev–Trinajstić information content (AvgIpc) is 2.36. The number of hydrazone groups is 1. The van der Waals surface area contributed by atoms with E-state index in [1.165, 1.54) is 0 Å². The largest absolute Gasteiger partial charge is 0.507 e. The summed E-state index contributed by atoms with van der Waals surface area (Å²) in [5.41, 5.74) is 5.29. The van der Waals surface area contributed by atoms with Crippen molar-refractivity contribution in [3.63, 3.8) is 0 Å². The van der Waals surface area contributed by atoms with Gasteiger partial charge >= 0.3 is 0 Å². The van der Waals surface area contributed by atoms with Crippen LogP contribution in [-0.4, -0.2) is 36.2 Å². The van der Waals surface area contributed by atoms with E-state index in [4.69, 9.17) is 17.0 Å². The summed E-state index contributed by atoms with van der Waals surface area (Å²) in [5.74, 6) is 0.320. The van der Waals surface area contributed by atoms with E-state index in [1.54, 1.807) is 13.3 Å². The fraction of sp³-hybridized carbons (Fsp3) is 0.429. The minimum Gasteiger partial charge on any atom is -0.507 e. The number of ether oxygens (including phenoxy) is 1. The molecule has 0 saturated carbocycles. The van der Waals surface area contributed by atoms with Crippen molar-refractivity contribution >= 4 is 23.5 Å². The van der Waals surface area contributed by atoms with Crippen LogP contribution in [0.5, 0.6) is 5.75 Å². The number of nitrogens with one attached hydrogen (secondary N) is 2. The molecule has 6 heteroatoms. The third-order valence-electron chi connectivity index (χ3n) is 2.69. The number of rotatable bonds is 5. The summed E-state index contributed by atoms with van der Waals surface area (Å²) >= 11 is 5.10. The number of methoxy groups -OCH3 is 1. The van der Waals surface area contributed by atoms with Gasteiger partial charge in [-0.3, -0.25) is 5.43 Å². The van der Waals surface area contributed by atoms with E-state index in [0.717, 1.165) is 16.7 Å². The zero-order valence-electron chi connectivity index (χ0n) is 12.2. The van der Waals surface area contributed by atoms with Crippen LogP contribution in [0.3, 0.4) is 0 Å². The van der Waals surface area contributed by atoms with Crippen LogP contribution in [0, 0.1) is 13.8 Å². The zero-order chi connectivity index (χ0) is 15.1. The van der Waals surface area contributed by atoms with E-state index in [2.05, 4.69) is 15.8 Å². The Morgan fingerprint density at radius 2 is 2.05 bits per heavy atom. The predicted octanol–water partition coefficient (Wildman–Crippen LogP) is 1.84. The Morgan fingerprint density at radius 1 is 1.45 bits per heavy atom. The first-order chi connectivity index (χ1) is 9.43. The van der Waals surface area contributed by atoms with Gasteiger partial charge in [-0.2, -0.15) is 5.10 Å². The minimum absolute atomic E-state index is 0.119. The summed E-state index contributed by atoms with van der Waals surface area (Å²) in [7, 11) is 1.64. The van der Waals surface area contributed by atoms with E-state index in [-0.39, 0.29) is 6.04 Å². The van der Waals surface area contributed by atoms with E-state index >= 15 is 0 Å². The lowest BCUT2D eigenvalue weighted by Gasteiger charge is -2.13. The number of benzene rings is 1. The Morgan fingerprint density at radius 3 is 2.60 bits per heavy atom. The number of phenols is 1. The SMILES string of the molecule is COC[C@@H](C)NC(=S)N/N=C/c1cc(C)c(O)c(C)c1. The topological polar surface area (TPSA) is 65.9 Å². The van der Waals surface area contributed by atoms with E-state index in [9.17, 15) is 5.11 Å². The first-order valence-corrected chi connectivity index (χ1v) is 6.73. The lowest BCUT2D eigenvalue weighted by molar-refractivity contribution is 0.179. The third-order valence-corrected chi connectivity index (χ3v) is 2.90. The van der Waals surface area contributed by atoms with Gasteiger partial charge in [0.1, 0.15) is 5.75 Å². The molecular weight excluding hydrogens is 274 g/mol. The Kier molecular flexibility index (Phi) is 6.41. The molecule has 0 aliphatic heterocycles. The third kappa shape index (κ3) is 5.14. The first kappa shape index (κ1) is 16.4. The molecule has 5 nitrogen and oxygen atoms in total. The Hall–Kier alpha value is -1.66. The van der Waals surface area contributed by atoms with Gasteiger partial charge in [-0.15, -0.1) is 0 Å². The van der Waals surface area contributed by atoms with Crippen LogP contribution in [0.4, 0.5) is 0 Å². The normalized spacial score (nSPS) is 12.4. The summed E-state index contributed by atoms with van der Waals surface area (Å²) in [5, 5.41) is 17.2. The summed E-state index contributed by atoms with van der Waals surface area (Å²) in [4.78, 5) is 0. The van der Waals surface area contributed by atoms with Gasteiger partial charge < -0.3 is 15.2 Å². The molecule has 0 aliphatic rings. The summed E-state index contributed by atoms with van der Waals surface area (Å²) in [6.07, 6.45) is 1.66. The van der Waals surface area contributed by atoms with Crippen LogP contribution in [0.25, 0.3) is 0 Å². The van der Waals surface area contributed by atoms with Gasteiger partial charge in [-0.05, 0) is 61.8 Å². The Labute approximate surface area is 125 Å². The highest BCUT2D eigenvalue weighted by atomic mass is 32.1. The fourth-order valence-corrected chi connectivity index (χ4v) is 2.03. The second-order valence-corrected chi connectivity index (χ2v) is 5.11. The molecule has 0 aromatic heterocycles. The van der Waals surface area contributed by atoms with Gasteiger partial charge in [0, 0.05) is 13.2 Å². The number of aromatic hydroxyl groups is 1. The lowest BCUT2D eigenvalue weighted by Crippen LogP contribution is -2.40. The summed E-state index contributed by atoms with van der Waals surface area (Å²) < 4.78 is 5.00. The molecule has 0 heterocycles. The number of hydrogen-bond acceptors (Lipinski definition) is 4. The van der Waals surface area contributed by atoms with Crippen LogP contribution in [0.15, 0.2) is 17.2 Å². The van der Waals surface area contributed by atoms with Crippen molar-refractivity contribution in [2.45, 2.75) is 26.8 Å². The van der Waals surface area contributed by atoms with Crippen molar-refractivity contribution in [3.8, 4) is 5.75 Å². The molecule has 1 aromatic rings. The highest BCUT2D eigenvalue weighted by Crippen LogP contribution is 2.21. The van der Waals surface area contributed by atoms with Crippen LogP contribution < -0.4 is 10.7 Å². The standard InChI is InChI=1S/C14H21N3O2S/c1-9-5-12(6-10(2)13(9)18)7-15-17-14(20)16-11(3)8-19-4/h5-7,11,18H,8H2,1-4H3,(H2,16,17,20)/b15-7+/t11-/m1/s1. The first-order valence-electron chi connectivity index (χ1n) is 6.32. The van der Waals surface area contributed by atoms with Crippen molar-refractivity contribution < 1.29 is 9.84 Å². The average molecular weight is 295 g/mol. The Bertz CT molecular complexity index is 480. The molecule has 0 aliphatic carbocycles. The minimum atomic E-state index is 0.119. The van der Waals surface area contributed by atoms with Crippen LogP contribution in [-0.2, 0) is 4.74 Å². The van der Waals surface area contributed by atoms with E-state index in [1.807, 2.05) is 32.9 Å². The van der Waals surface area contributed by atoms with Crippen molar-refractivity contribution in [2.75, 3.05) is 13.7 Å². The molecule has 110 valence electrons. The number of nitrogens with zero attached hydrogens (tertiary/aromatic N) is 1. The molecule has 3 N–H and O–H groups in total. The van der Waals surface area contributed by atoms with Crippen molar-refractivity contribution in [3.05, 3.63) is 28.8 Å². The van der Waals surface area contributed by atoms with Gasteiger partial charge in [-0.25, -0.2) is 0 Å². The highest BCUT2D eigenvalue weighted by molar-refractivity contribution is 7.80. The molecule has 0 unspecified atom stereocenters. The van der Waals surface area contributed by atoms with E-state index in [0.29, 0.717) is 17.5 Å². The van der Waals surface area contributed by atoms with Crippen LogP contribution in [0.2, 0.25) is 0 Å². The molecule has 0 saturated heterocycles.